The molecule has 0 aromatic rings. The van der Waals surface area contributed by atoms with E-state index in [1.54, 1.807) is 13.1 Å². The van der Waals surface area contributed by atoms with Gasteiger partial charge in [0.1, 0.15) is 17.5 Å². The van der Waals surface area contributed by atoms with Gasteiger partial charge in [0, 0.05) is 32.2 Å². The van der Waals surface area contributed by atoms with Crippen LogP contribution in [0.4, 0.5) is 0 Å². The minimum atomic E-state index is 0.357. The van der Waals surface area contributed by atoms with Crippen molar-refractivity contribution in [1.29, 1.82) is 5.41 Å². The van der Waals surface area contributed by atoms with E-state index < -0.39 is 0 Å². The van der Waals surface area contributed by atoms with Crippen molar-refractivity contribution in [1.82, 2.24) is 10.2 Å². The number of nitrogens with zero attached hydrogens (tertiary/aromatic N) is 3. The van der Waals surface area contributed by atoms with Gasteiger partial charge in [0.25, 0.3) is 0 Å². The number of allylic oxidation sites excluding steroid dienone is 1. The summed E-state index contributed by atoms with van der Waals surface area (Å²) < 4.78 is 0. The number of nitrogens with one attached hydrogen (secondary N) is 2. The third-order valence-corrected chi connectivity index (χ3v) is 3.09. The van der Waals surface area contributed by atoms with Gasteiger partial charge in [0.2, 0.25) is 0 Å². The number of rotatable bonds is 3. The van der Waals surface area contributed by atoms with Gasteiger partial charge in [0.05, 0.1) is 6.42 Å². The predicted octanol–water partition coefficient (Wildman–Crippen LogP) is 0.998. The van der Waals surface area contributed by atoms with Crippen LogP contribution in [0.25, 0.3) is 0 Å². The van der Waals surface area contributed by atoms with Crippen molar-refractivity contribution < 1.29 is 0 Å². The zero-order valence-corrected chi connectivity index (χ0v) is 12.8. The summed E-state index contributed by atoms with van der Waals surface area (Å²) in [5, 5.41) is 11.6. The van der Waals surface area contributed by atoms with Gasteiger partial charge in [-0.1, -0.05) is 6.08 Å². The molecule has 0 aromatic carbocycles. The van der Waals surface area contributed by atoms with E-state index in [4.69, 9.17) is 11.1 Å². The van der Waals surface area contributed by atoms with Crippen molar-refractivity contribution in [2.75, 3.05) is 20.1 Å². The van der Waals surface area contributed by atoms with Crippen molar-refractivity contribution in [2.45, 2.75) is 39.3 Å². The van der Waals surface area contributed by atoms with Crippen LogP contribution in [0, 0.1) is 5.41 Å². The summed E-state index contributed by atoms with van der Waals surface area (Å²) in [5.74, 6) is 1.52. The lowest BCUT2D eigenvalue weighted by Crippen LogP contribution is -2.56. The lowest BCUT2D eigenvalue weighted by molar-refractivity contribution is 0.252. The molecule has 1 aliphatic rings. The Morgan fingerprint density at radius 1 is 1.40 bits per heavy atom. The summed E-state index contributed by atoms with van der Waals surface area (Å²) in [5.41, 5.74) is 5.91. The summed E-state index contributed by atoms with van der Waals surface area (Å²) in [6.07, 6.45) is 4.02. The fourth-order valence-electron chi connectivity index (χ4n) is 2.33. The zero-order chi connectivity index (χ0) is 15.1. The van der Waals surface area contributed by atoms with Gasteiger partial charge in [-0.25, -0.2) is 4.99 Å². The number of aliphatic imine (C=N–C) groups is 2. The summed E-state index contributed by atoms with van der Waals surface area (Å²) in [4.78, 5) is 10.3. The van der Waals surface area contributed by atoms with Crippen molar-refractivity contribution in [3.05, 3.63) is 12.2 Å². The van der Waals surface area contributed by atoms with Crippen LogP contribution in [-0.4, -0.2) is 54.6 Å². The topological polar surface area (TPSA) is 89.9 Å². The van der Waals surface area contributed by atoms with Gasteiger partial charge in [-0.2, -0.15) is 0 Å². The van der Waals surface area contributed by atoms with Gasteiger partial charge < -0.3 is 16.0 Å². The molecule has 1 fully saturated rings. The molecule has 20 heavy (non-hydrogen) atoms. The van der Waals surface area contributed by atoms with Crippen LogP contribution in [0.3, 0.4) is 0 Å². The molecule has 0 aliphatic carbocycles. The smallest absolute Gasteiger partial charge is 0.148 e. The van der Waals surface area contributed by atoms with E-state index in [0.717, 1.165) is 13.1 Å². The Morgan fingerprint density at radius 2 is 2.00 bits per heavy atom. The SMILES string of the molecule is C/C=C/C(N=C(N)CC(=N)N1CC(C)NC(C)C1)=NC. The largest absolute Gasteiger partial charge is 0.387 e. The predicted molar refractivity (Wildman–Crippen MR) is 85.8 cm³/mol. The summed E-state index contributed by atoms with van der Waals surface area (Å²) in [7, 11) is 1.68. The highest BCUT2D eigenvalue weighted by Crippen LogP contribution is 2.06. The highest BCUT2D eigenvalue weighted by molar-refractivity contribution is 6.08. The third kappa shape index (κ3) is 5.13. The second-order valence-corrected chi connectivity index (χ2v) is 5.18. The number of piperazine rings is 1. The Morgan fingerprint density at radius 3 is 2.50 bits per heavy atom. The second-order valence-electron chi connectivity index (χ2n) is 5.18. The molecule has 6 heteroatoms. The molecule has 0 radical (unpaired) electrons. The zero-order valence-electron chi connectivity index (χ0n) is 12.8. The molecule has 112 valence electrons. The highest BCUT2D eigenvalue weighted by Gasteiger charge is 2.22. The molecule has 0 bridgehead atoms. The highest BCUT2D eigenvalue weighted by atomic mass is 15.2. The van der Waals surface area contributed by atoms with E-state index in [9.17, 15) is 0 Å². The first-order chi connectivity index (χ1) is 9.46. The molecule has 2 atom stereocenters. The maximum atomic E-state index is 8.18. The number of hydrogen-bond acceptors (Lipinski definition) is 3. The van der Waals surface area contributed by atoms with Crippen LogP contribution in [0.5, 0.6) is 0 Å². The van der Waals surface area contributed by atoms with Crippen molar-refractivity contribution in [2.24, 2.45) is 15.7 Å². The molecule has 1 heterocycles. The van der Waals surface area contributed by atoms with Crippen LogP contribution in [0.2, 0.25) is 0 Å². The summed E-state index contributed by atoms with van der Waals surface area (Å²) >= 11 is 0. The normalized spacial score (nSPS) is 25.3. The van der Waals surface area contributed by atoms with E-state index >= 15 is 0 Å². The van der Waals surface area contributed by atoms with E-state index in [2.05, 4.69) is 34.0 Å². The van der Waals surface area contributed by atoms with Crippen molar-refractivity contribution in [3.8, 4) is 0 Å². The van der Waals surface area contributed by atoms with E-state index in [0.29, 0.717) is 36.0 Å². The Bertz CT molecular complexity index is 413. The third-order valence-electron chi connectivity index (χ3n) is 3.09. The fraction of sp³-hybridized carbons (Fsp3) is 0.643. The standard InChI is InChI=1S/C14H26N6/c1-5-6-14(17-4)19-12(15)7-13(16)20-8-10(2)18-11(3)9-20/h5-6,10-11,16,18H,7-9H2,1-4H3,(H2,15,17,19)/b6-5+,16-13?. The van der Waals surface area contributed by atoms with Gasteiger partial charge >= 0.3 is 0 Å². The Kier molecular flexibility index (Phi) is 6.38. The Balaban J connectivity index is 2.63. The Labute approximate surface area is 121 Å². The molecular weight excluding hydrogens is 252 g/mol. The minimum absolute atomic E-state index is 0.357. The number of nitrogens with two attached hydrogens (primary N) is 1. The maximum Gasteiger partial charge on any atom is 0.148 e. The molecule has 0 aromatic heterocycles. The first kappa shape index (κ1) is 16.4. The lowest BCUT2D eigenvalue weighted by Gasteiger charge is -2.37. The minimum Gasteiger partial charge on any atom is -0.387 e. The molecule has 0 saturated carbocycles. The molecule has 0 amide bonds. The average molecular weight is 278 g/mol. The van der Waals surface area contributed by atoms with Crippen LogP contribution in [0.15, 0.2) is 22.1 Å². The molecule has 0 spiro atoms. The van der Waals surface area contributed by atoms with E-state index in [-0.39, 0.29) is 0 Å². The average Bonchev–Trinajstić information content (AvgIpc) is 2.36. The summed E-state index contributed by atoms with van der Waals surface area (Å²) in [6.45, 7) is 7.82. The van der Waals surface area contributed by atoms with Gasteiger partial charge in [0.15, 0.2) is 0 Å². The quantitative estimate of drug-likeness (QED) is 0.531. The molecular formula is C14H26N6. The van der Waals surface area contributed by atoms with Gasteiger partial charge in [-0.15, -0.1) is 0 Å². The van der Waals surface area contributed by atoms with E-state index in [1.165, 1.54) is 0 Å². The summed E-state index contributed by atoms with van der Waals surface area (Å²) in [6, 6.07) is 0.765. The maximum absolute atomic E-state index is 8.18. The second kappa shape index (κ2) is 7.79. The van der Waals surface area contributed by atoms with E-state index in [1.807, 2.05) is 13.0 Å². The lowest BCUT2D eigenvalue weighted by atomic mass is 10.1. The first-order valence-corrected chi connectivity index (χ1v) is 6.97. The van der Waals surface area contributed by atoms with Crippen LogP contribution < -0.4 is 11.1 Å². The number of hydrogen-bond donors (Lipinski definition) is 3. The monoisotopic (exact) mass is 278 g/mol. The molecule has 1 rings (SSSR count). The molecule has 4 N–H and O–H groups in total. The molecule has 6 nitrogen and oxygen atoms in total. The molecule has 1 saturated heterocycles. The fourth-order valence-corrected chi connectivity index (χ4v) is 2.33. The van der Waals surface area contributed by atoms with Crippen LogP contribution >= 0.6 is 0 Å². The first-order valence-electron chi connectivity index (χ1n) is 6.97. The van der Waals surface area contributed by atoms with Crippen LogP contribution in [-0.2, 0) is 0 Å². The van der Waals surface area contributed by atoms with Crippen LogP contribution in [0.1, 0.15) is 27.2 Å². The van der Waals surface area contributed by atoms with Crippen molar-refractivity contribution >= 4 is 17.5 Å². The van der Waals surface area contributed by atoms with Gasteiger partial charge in [-0.05, 0) is 26.8 Å². The molecule has 1 aliphatic heterocycles. The van der Waals surface area contributed by atoms with Crippen molar-refractivity contribution in [3.63, 3.8) is 0 Å². The molecule has 2 unspecified atom stereocenters. The van der Waals surface area contributed by atoms with Gasteiger partial charge in [-0.3, -0.25) is 10.4 Å². The Hall–Kier alpha value is -1.69. The number of amidine groups is 3.